The summed E-state index contributed by atoms with van der Waals surface area (Å²) < 4.78 is 5.00. The van der Waals surface area contributed by atoms with E-state index in [-0.39, 0.29) is 12.1 Å². The van der Waals surface area contributed by atoms with Crippen LogP contribution in [0.1, 0.15) is 20.3 Å². The van der Waals surface area contributed by atoms with Crippen LogP contribution in [0, 0.1) is 0 Å². The number of ether oxygens (including phenoxy) is 1. The lowest BCUT2D eigenvalue weighted by molar-refractivity contribution is 0.129. The van der Waals surface area contributed by atoms with Crippen molar-refractivity contribution in [3.8, 4) is 0 Å². The van der Waals surface area contributed by atoms with Crippen LogP contribution in [0.2, 0.25) is 0 Å². The number of urea groups is 1. The number of methoxy groups -OCH3 is 1. The van der Waals surface area contributed by atoms with E-state index in [1.54, 1.807) is 7.11 Å². The Labute approximate surface area is 104 Å². The first-order valence-corrected chi connectivity index (χ1v) is 6.44. The van der Waals surface area contributed by atoms with Crippen LogP contribution in [-0.4, -0.2) is 68.3 Å². The van der Waals surface area contributed by atoms with E-state index in [4.69, 9.17) is 4.74 Å². The van der Waals surface area contributed by atoms with Crippen LogP contribution in [0.25, 0.3) is 0 Å². The maximum atomic E-state index is 11.9. The van der Waals surface area contributed by atoms with Gasteiger partial charge in [-0.2, -0.15) is 0 Å². The van der Waals surface area contributed by atoms with Crippen LogP contribution in [0.4, 0.5) is 4.79 Å². The predicted molar refractivity (Wildman–Crippen MR) is 68.2 cm³/mol. The molecule has 1 atom stereocenters. The summed E-state index contributed by atoms with van der Waals surface area (Å²) in [6.07, 6.45) is 1.18. The number of nitrogens with zero attached hydrogens (tertiary/aromatic N) is 2. The van der Waals surface area contributed by atoms with Gasteiger partial charge in [0.05, 0.1) is 12.6 Å². The van der Waals surface area contributed by atoms with Crippen molar-refractivity contribution in [2.75, 3.05) is 46.4 Å². The molecule has 0 aliphatic carbocycles. The molecule has 0 aromatic carbocycles. The molecule has 0 spiro atoms. The maximum Gasteiger partial charge on any atom is 0.317 e. The van der Waals surface area contributed by atoms with Crippen molar-refractivity contribution in [2.24, 2.45) is 0 Å². The summed E-state index contributed by atoms with van der Waals surface area (Å²) in [6, 6.07) is 0.104. The van der Waals surface area contributed by atoms with Crippen molar-refractivity contribution in [3.05, 3.63) is 0 Å². The molecule has 1 rings (SSSR count). The molecule has 0 aromatic rings. The summed E-state index contributed by atoms with van der Waals surface area (Å²) in [5, 5.41) is 2.94. The van der Waals surface area contributed by atoms with Crippen LogP contribution in [-0.2, 0) is 4.74 Å². The lowest BCUT2D eigenvalue weighted by Crippen LogP contribution is -2.53. The monoisotopic (exact) mass is 243 g/mol. The number of hydrogen-bond acceptors (Lipinski definition) is 3. The summed E-state index contributed by atoms with van der Waals surface area (Å²) in [6.45, 7) is 9.45. The molecule has 1 N–H and O–H groups in total. The third kappa shape index (κ3) is 4.91. The third-order valence-corrected chi connectivity index (χ3v) is 2.99. The van der Waals surface area contributed by atoms with Gasteiger partial charge in [0, 0.05) is 33.3 Å². The van der Waals surface area contributed by atoms with Crippen molar-refractivity contribution in [3.63, 3.8) is 0 Å². The average Bonchev–Trinajstić information content (AvgIpc) is 2.30. The van der Waals surface area contributed by atoms with Gasteiger partial charge in [-0.3, -0.25) is 4.90 Å². The SMILES string of the molecule is CCCN1CCN(C(=O)N[C@H](C)COC)CC1. The number of hydrogen-bond donors (Lipinski definition) is 1. The van der Waals surface area contributed by atoms with E-state index in [2.05, 4.69) is 17.1 Å². The highest BCUT2D eigenvalue weighted by atomic mass is 16.5. The summed E-state index contributed by atoms with van der Waals surface area (Å²) >= 11 is 0. The van der Waals surface area contributed by atoms with Crippen molar-refractivity contribution in [1.82, 2.24) is 15.1 Å². The molecule has 0 aromatic heterocycles. The Morgan fingerprint density at radius 2 is 2.00 bits per heavy atom. The first-order chi connectivity index (χ1) is 8.17. The van der Waals surface area contributed by atoms with Gasteiger partial charge in [-0.15, -0.1) is 0 Å². The van der Waals surface area contributed by atoms with Crippen LogP contribution >= 0.6 is 0 Å². The Kier molecular flexibility index (Phi) is 6.29. The highest BCUT2D eigenvalue weighted by Crippen LogP contribution is 2.03. The Morgan fingerprint density at radius 3 is 2.53 bits per heavy atom. The van der Waals surface area contributed by atoms with Gasteiger partial charge in [0.25, 0.3) is 0 Å². The minimum absolute atomic E-state index is 0.0331. The van der Waals surface area contributed by atoms with Crippen LogP contribution < -0.4 is 5.32 Å². The summed E-state index contributed by atoms with van der Waals surface area (Å²) in [4.78, 5) is 16.2. The zero-order valence-corrected chi connectivity index (χ0v) is 11.2. The van der Waals surface area contributed by atoms with Crippen LogP contribution in [0.3, 0.4) is 0 Å². The molecular formula is C12H25N3O2. The molecular weight excluding hydrogens is 218 g/mol. The smallest absolute Gasteiger partial charge is 0.317 e. The first kappa shape index (κ1) is 14.3. The molecule has 1 heterocycles. The largest absolute Gasteiger partial charge is 0.383 e. The van der Waals surface area contributed by atoms with Gasteiger partial charge in [0.1, 0.15) is 0 Å². The van der Waals surface area contributed by atoms with E-state index >= 15 is 0 Å². The van der Waals surface area contributed by atoms with E-state index in [9.17, 15) is 4.79 Å². The predicted octanol–water partition coefficient (Wildman–Crippen LogP) is 0.759. The molecule has 1 aliphatic rings. The number of nitrogens with one attached hydrogen (secondary N) is 1. The maximum absolute atomic E-state index is 11.9. The Hall–Kier alpha value is -0.810. The molecule has 0 unspecified atom stereocenters. The minimum Gasteiger partial charge on any atom is -0.383 e. The second-order valence-corrected chi connectivity index (χ2v) is 4.63. The second kappa shape index (κ2) is 7.50. The minimum atomic E-state index is 0.0331. The van der Waals surface area contributed by atoms with Gasteiger partial charge in [0.15, 0.2) is 0 Å². The average molecular weight is 243 g/mol. The Bertz CT molecular complexity index is 228. The van der Waals surface area contributed by atoms with Gasteiger partial charge >= 0.3 is 6.03 Å². The highest BCUT2D eigenvalue weighted by Gasteiger charge is 2.21. The number of rotatable bonds is 5. The van der Waals surface area contributed by atoms with Crippen LogP contribution in [0.15, 0.2) is 0 Å². The van der Waals surface area contributed by atoms with Crippen molar-refractivity contribution in [1.29, 1.82) is 0 Å². The highest BCUT2D eigenvalue weighted by molar-refractivity contribution is 5.74. The second-order valence-electron chi connectivity index (χ2n) is 4.63. The number of carbonyl (C=O) groups is 1. The molecule has 5 heteroatoms. The quantitative estimate of drug-likeness (QED) is 0.775. The molecule has 17 heavy (non-hydrogen) atoms. The van der Waals surface area contributed by atoms with Crippen LogP contribution in [0.5, 0.6) is 0 Å². The standard InChI is InChI=1S/C12H25N3O2/c1-4-5-14-6-8-15(9-7-14)12(16)13-11(2)10-17-3/h11H,4-10H2,1-3H3,(H,13,16)/t11-/m1/s1. The lowest BCUT2D eigenvalue weighted by Gasteiger charge is -2.35. The fraction of sp³-hybridized carbons (Fsp3) is 0.917. The Balaban J connectivity index is 2.25. The first-order valence-electron chi connectivity index (χ1n) is 6.44. The lowest BCUT2D eigenvalue weighted by atomic mass is 10.3. The molecule has 1 aliphatic heterocycles. The number of piperazine rings is 1. The molecule has 1 saturated heterocycles. The van der Waals surface area contributed by atoms with Gasteiger partial charge in [-0.25, -0.2) is 4.79 Å². The van der Waals surface area contributed by atoms with Gasteiger partial charge < -0.3 is 15.0 Å². The van der Waals surface area contributed by atoms with E-state index in [0.29, 0.717) is 6.61 Å². The fourth-order valence-corrected chi connectivity index (χ4v) is 2.08. The fourth-order valence-electron chi connectivity index (χ4n) is 2.08. The zero-order chi connectivity index (χ0) is 12.7. The van der Waals surface area contributed by atoms with Crippen molar-refractivity contribution >= 4 is 6.03 Å². The van der Waals surface area contributed by atoms with Gasteiger partial charge in [-0.1, -0.05) is 6.92 Å². The number of carbonyl (C=O) groups excluding carboxylic acids is 1. The van der Waals surface area contributed by atoms with E-state index in [1.165, 1.54) is 6.42 Å². The van der Waals surface area contributed by atoms with E-state index < -0.39 is 0 Å². The molecule has 0 saturated carbocycles. The Morgan fingerprint density at radius 1 is 1.35 bits per heavy atom. The molecule has 100 valence electrons. The van der Waals surface area contributed by atoms with Crippen molar-refractivity contribution in [2.45, 2.75) is 26.3 Å². The summed E-state index contributed by atoms with van der Waals surface area (Å²) in [5.41, 5.74) is 0. The summed E-state index contributed by atoms with van der Waals surface area (Å²) in [5.74, 6) is 0. The molecule has 0 bridgehead atoms. The normalized spacial score (nSPS) is 19.1. The topological polar surface area (TPSA) is 44.8 Å². The molecule has 2 amide bonds. The van der Waals surface area contributed by atoms with Crippen molar-refractivity contribution < 1.29 is 9.53 Å². The molecule has 0 radical (unpaired) electrons. The number of amides is 2. The van der Waals surface area contributed by atoms with Gasteiger partial charge in [0.2, 0.25) is 0 Å². The zero-order valence-electron chi connectivity index (χ0n) is 11.2. The van der Waals surface area contributed by atoms with E-state index in [1.807, 2.05) is 11.8 Å². The third-order valence-electron chi connectivity index (χ3n) is 2.99. The summed E-state index contributed by atoms with van der Waals surface area (Å²) in [7, 11) is 1.65. The molecule has 1 fully saturated rings. The van der Waals surface area contributed by atoms with Gasteiger partial charge in [-0.05, 0) is 19.9 Å². The van der Waals surface area contributed by atoms with E-state index in [0.717, 1.165) is 32.7 Å². The molecule has 5 nitrogen and oxygen atoms in total.